The van der Waals surface area contributed by atoms with E-state index in [1.54, 1.807) is 29.3 Å². The molecule has 3 heterocycles. The van der Waals surface area contributed by atoms with Crippen LogP contribution < -0.4 is 5.32 Å². The number of fused-ring (bicyclic) bond motifs is 1. The lowest BCUT2D eigenvalue weighted by Gasteiger charge is -2.32. The summed E-state index contributed by atoms with van der Waals surface area (Å²) in [5.41, 5.74) is 0.589. The van der Waals surface area contributed by atoms with E-state index in [1.807, 2.05) is 6.92 Å². The molecule has 1 aliphatic rings. The van der Waals surface area contributed by atoms with E-state index in [1.165, 1.54) is 4.40 Å². The molecule has 1 unspecified atom stereocenters. The summed E-state index contributed by atoms with van der Waals surface area (Å²) in [5.74, 6) is -0.0347. The topological polar surface area (TPSA) is 101 Å². The number of rotatable bonds is 5. The number of nitrogens with zero attached hydrogens (tertiary/aromatic N) is 3. The minimum atomic E-state index is -3.58. The maximum absolute atomic E-state index is 13.1. The maximum Gasteiger partial charge on any atom is 0.274 e. The van der Waals surface area contributed by atoms with Crippen molar-refractivity contribution in [3.05, 3.63) is 30.1 Å². The van der Waals surface area contributed by atoms with E-state index >= 15 is 0 Å². The van der Waals surface area contributed by atoms with Crippen molar-refractivity contribution in [1.82, 2.24) is 19.6 Å². The number of hydrogen-bond acceptors (Lipinski definition) is 5. The van der Waals surface area contributed by atoms with Gasteiger partial charge in [-0.15, -0.1) is 0 Å². The lowest BCUT2D eigenvalue weighted by atomic mass is 9.94. The van der Waals surface area contributed by atoms with Crippen LogP contribution in [-0.4, -0.2) is 59.9 Å². The number of amides is 2. The number of piperidine rings is 1. The van der Waals surface area contributed by atoms with Crippen molar-refractivity contribution in [2.24, 2.45) is 11.8 Å². The van der Waals surface area contributed by atoms with Crippen molar-refractivity contribution in [1.29, 1.82) is 0 Å². The fourth-order valence-electron chi connectivity index (χ4n) is 3.43. The number of nitrogens with one attached hydrogen (secondary N) is 1. The summed E-state index contributed by atoms with van der Waals surface area (Å²) >= 11 is 0. The van der Waals surface area contributed by atoms with Gasteiger partial charge in [-0.25, -0.2) is 13.4 Å². The van der Waals surface area contributed by atoms with Crippen molar-refractivity contribution in [2.75, 3.05) is 19.3 Å². The Bertz CT molecular complexity index is 1020. The summed E-state index contributed by atoms with van der Waals surface area (Å²) in [6.45, 7) is 6.99. The molecule has 0 radical (unpaired) electrons. The Labute approximate surface area is 171 Å². The molecule has 3 rings (SSSR count). The molecule has 1 aliphatic heterocycles. The predicted octanol–water partition coefficient (Wildman–Crippen LogP) is 1.75. The number of likely N-dealkylation sites (tertiary alicyclic amines) is 1. The Morgan fingerprint density at radius 3 is 2.41 bits per heavy atom. The first-order valence-corrected chi connectivity index (χ1v) is 11.8. The first-order valence-electron chi connectivity index (χ1n) is 9.86. The Hall–Kier alpha value is -2.42. The number of pyridine rings is 1. The molecule has 0 spiro atoms. The van der Waals surface area contributed by atoms with Crippen molar-refractivity contribution in [3.63, 3.8) is 0 Å². The van der Waals surface area contributed by atoms with Crippen LogP contribution in [0.25, 0.3) is 5.52 Å². The largest absolute Gasteiger partial charge is 0.353 e. The summed E-state index contributed by atoms with van der Waals surface area (Å²) in [6, 6.07) is 5.22. The lowest BCUT2D eigenvalue weighted by Crippen LogP contribution is -2.45. The van der Waals surface area contributed by atoms with Gasteiger partial charge in [-0.3, -0.25) is 14.0 Å². The van der Waals surface area contributed by atoms with Gasteiger partial charge in [0.1, 0.15) is 0 Å². The number of carbonyl (C=O) groups excluding carboxylic acids is 2. The van der Waals surface area contributed by atoms with E-state index in [0.29, 0.717) is 37.4 Å². The highest BCUT2D eigenvalue weighted by Crippen LogP contribution is 2.23. The lowest BCUT2D eigenvalue weighted by molar-refractivity contribution is -0.127. The second-order valence-corrected chi connectivity index (χ2v) is 9.99. The van der Waals surface area contributed by atoms with Crippen LogP contribution in [0.3, 0.4) is 0 Å². The number of hydrogen-bond donors (Lipinski definition) is 1. The van der Waals surface area contributed by atoms with Gasteiger partial charge in [0.25, 0.3) is 5.91 Å². The first-order chi connectivity index (χ1) is 13.6. The van der Waals surface area contributed by atoms with Gasteiger partial charge in [-0.2, -0.15) is 0 Å². The first kappa shape index (κ1) is 21.3. The summed E-state index contributed by atoms with van der Waals surface area (Å²) in [7, 11) is -3.58. The third-order valence-corrected chi connectivity index (χ3v) is 6.52. The Morgan fingerprint density at radius 2 is 1.83 bits per heavy atom. The quantitative estimate of drug-likeness (QED) is 0.794. The fraction of sp³-hybridized carbons (Fsp3) is 0.550. The van der Waals surface area contributed by atoms with Gasteiger partial charge in [-0.05, 0) is 37.8 Å². The molecule has 0 aromatic carbocycles. The SMILES string of the molecule is CC(C)C(C)NC(=O)C1CCN(C(=O)c2nc(S(C)(=O)=O)n3ccccc23)CC1. The molecular weight excluding hydrogens is 392 g/mol. The molecule has 1 fully saturated rings. The van der Waals surface area contributed by atoms with E-state index in [-0.39, 0.29) is 34.6 Å². The number of sulfone groups is 1. The van der Waals surface area contributed by atoms with Crippen molar-refractivity contribution in [3.8, 4) is 0 Å². The summed E-state index contributed by atoms with van der Waals surface area (Å²) in [5, 5.41) is 2.90. The van der Waals surface area contributed by atoms with E-state index < -0.39 is 9.84 Å². The minimum absolute atomic E-state index is 0.0325. The van der Waals surface area contributed by atoms with Crippen molar-refractivity contribution in [2.45, 2.75) is 44.8 Å². The van der Waals surface area contributed by atoms with Crippen LogP contribution in [0.2, 0.25) is 0 Å². The van der Waals surface area contributed by atoms with Gasteiger partial charge in [-0.1, -0.05) is 19.9 Å². The zero-order chi connectivity index (χ0) is 21.3. The highest BCUT2D eigenvalue weighted by Gasteiger charge is 2.31. The third-order valence-electron chi connectivity index (χ3n) is 5.57. The second kappa shape index (κ2) is 8.14. The van der Waals surface area contributed by atoms with Crippen LogP contribution in [0.5, 0.6) is 0 Å². The smallest absolute Gasteiger partial charge is 0.274 e. The van der Waals surface area contributed by atoms with E-state index in [2.05, 4.69) is 24.1 Å². The van der Waals surface area contributed by atoms with Gasteiger partial charge in [0, 0.05) is 37.5 Å². The predicted molar refractivity (Wildman–Crippen MR) is 109 cm³/mol. The molecule has 1 N–H and O–H groups in total. The van der Waals surface area contributed by atoms with Crippen LogP contribution >= 0.6 is 0 Å². The summed E-state index contributed by atoms with van der Waals surface area (Å²) in [6.07, 6.45) is 3.81. The van der Waals surface area contributed by atoms with Gasteiger partial charge in [0.05, 0.1) is 5.52 Å². The summed E-state index contributed by atoms with van der Waals surface area (Å²) < 4.78 is 25.5. The van der Waals surface area contributed by atoms with Crippen LogP contribution in [-0.2, 0) is 14.6 Å². The molecule has 1 saturated heterocycles. The fourth-order valence-corrected chi connectivity index (χ4v) is 4.21. The number of imidazole rings is 1. The molecule has 0 saturated carbocycles. The maximum atomic E-state index is 13.1. The molecule has 9 heteroatoms. The molecular formula is C20H28N4O4S. The molecule has 2 amide bonds. The average Bonchev–Trinajstić information content (AvgIpc) is 3.07. The molecule has 0 aliphatic carbocycles. The van der Waals surface area contributed by atoms with Crippen LogP contribution in [0, 0.1) is 11.8 Å². The van der Waals surface area contributed by atoms with Crippen molar-refractivity contribution >= 4 is 27.2 Å². The molecule has 29 heavy (non-hydrogen) atoms. The molecule has 2 aromatic rings. The molecule has 1 atom stereocenters. The normalized spacial score (nSPS) is 16.9. The monoisotopic (exact) mass is 420 g/mol. The Morgan fingerprint density at radius 1 is 1.17 bits per heavy atom. The van der Waals surface area contributed by atoms with E-state index in [4.69, 9.17) is 0 Å². The van der Waals surface area contributed by atoms with E-state index in [9.17, 15) is 18.0 Å². The standard InChI is InChI=1S/C20H28N4O4S/c1-13(2)14(3)21-18(25)15-8-11-23(12-9-15)19(26)17-16-7-5-6-10-24(16)20(22-17)29(4,27)28/h5-7,10,13-15H,8-9,11-12H2,1-4H3,(H,21,25). The van der Waals surface area contributed by atoms with Crippen molar-refractivity contribution < 1.29 is 18.0 Å². The van der Waals surface area contributed by atoms with Crippen LogP contribution in [0.1, 0.15) is 44.1 Å². The van der Waals surface area contributed by atoms with Gasteiger partial charge >= 0.3 is 0 Å². The Kier molecular flexibility index (Phi) is 5.97. The molecule has 158 valence electrons. The molecule has 8 nitrogen and oxygen atoms in total. The average molecular weight is 421 g/mol. The number of carbonyl (C=O) groups is 2. The van der Waals surface area contributed by atoms with Gasteiger partial charge in [0.15, 0.2) is 5.69 Å². The van der Waals surface area contributed by atoms with Gasteiger partial charge in [0.2, 0.25) is 20.9 Å². The van der Waals surface area contributed by atoms with Gasteiger partial charge < -0.3 is 10.2 Å². The van der Waals surface area contributed by atoms with Crippen LogP contribution in [0.15, 0.2) is 29.6 Å². The van der Waals surface area contributed by atoms with E-state index in [0.717, 1.165) is 6.26 Å². The highest BCUT2D eigenvalue weighted by atomic mass is 32.2. The number of aromatic nitrogens is 2. The highest BCUT2D eigenvalue weighted by molar-refractivity contribution is 7.90. The zero-order valence-corrected chi connectivity index (χ0v) is 18.1. The summed E-state index contributed by atoms with van der Waals surface area (Å²) in [4.78, 5) is 31.3. The van der Waals surface area contributed by atoms with Crippen LogP contribution in [0.4, 0.5) is 0 Å². The molecule has 2 aromatic heterocycles. The third kappa shape index (κ3) is 4.44. The Balaban J connectivity index is 1.74. The molecule has 0 bridgehead atoms. The minimum Gasteiger partial charge on any atom is -0.353 e. The second-order valence-electron chi connectivity index (χ2n) is 8.08. The zero-order valence-electron chi connectivity index (χ0n) is 17.3.